The van der Waals surface area contributed by atoms with E-state index in [4.69, 9.17) is 4.52 Å². The van der Waals surface area contributed by atoms with Gasteiger partial charge in [0.25, 0.3) is 5.89 Å². The highest BCUT2D eigenvalue weighted by molar-refractivity contribution is 5.79. The number of fused-ring (bicyclic) bond motifs is 1. The zero-order valence-electron chi connectivity index (χ0n) is 15.6. The number of hydrogen-bond acceptors (Lipinski definition) is 4. The molecule has 0 atom stereocenters. The minimum atomic E-state index is 0.531. The molecule has 0 bridgehead atoms. The van der Waals surface area contributed by atoms with E-state index < -0.39 is 0 Å². The minimum Gasteiger partial charge on any atom is -0.338 e. The van der Waals surface area contributed by atoms with Crippen LogP contribution >= 0.6 is 0 Å². The summed E-state index contributed by atoms with van der Waals surface area (Å²) >= 11 is 0. The first-order chi connectivity index (χ1) is 13.7. The Morgan fingerprint density at radius 3 is 2.21 bits per heavy atom. The van der Waals surface area contributed by atoms with Crippen LogP contribution in [-0.4, -0.2) is 20.1 Å². The SMILES string of the molecule is Cc1cc(C)cc(-c2nc(-c3ccc(-c4nc5ccccc5[nH]4)cc3)no2)c1. The molecule has 2 heterocycles. The maximum absolute atomic E-state index is 5.49. The van der Waals surface area contributed by atoms with E-state index in [1.807, 2.05) is 48.5 Å². The van der Waals surface area contributed by atoms with E-state index in [1.165, 1.54) is 11.1 Å². The molecule has 0 fully saturated rings. The summed E-state index contributed by atoms with van der Waals surface area (Å²) < 4.78 is 5.49. The van der Waals surface area contributed by atoms with Gasteiger partial charge in [-0.2, -0.15) is 4.98 Å². The van der Waals surface area contributed by atoms with Crippen molar-refractivity contribution in [2.45, 2.75) is 13.8 Å². The van der Waals surface area contributed by atoms with E-state index in [0.717, 1.165) is 33.5 Å². The van der Waals surface area contributed by atoms with Crippen molar-refractivity contribution in [2.75, 3.05) is 0 Å². The molecule has 0 radical (unpaired) electrons. The topological polar surface area (TPSA) is 67.6 Å². The molecule has 136 valence electrons. The molecule has 1 N–H and O–H groups in total. The van der Waals surface area contributed by atoms with Crippen LogP contribution in [0.4, 0.5) is 0 Å². The number of para-hydroxylation sites is 2. The van der Waals surface area contributed by atoms with Gasteiger partial charge in [0.2, 0.25) is 5.82 Å². The molecule has 5 nitrogen and oxygen atoms in total. The second-order valence-corrected chi connectivity index (χ2v) is 6.98. The standard InChI is InChI=1S/C23H18N4O/c1-14-11-15(2)13-18(12-14)23-26-22(27-28-23)17-9-7-16(8-10-17)21-24-19-5-3-4-6-20(19)25-21/h3-13H,1-2H3,(H,24,25). The molecule has 28 heavy (non-hydrogen) atoms. The third-order valence-electron chi connectivity index (χ3n) is 4.70. The molecule has 5 heteroatoms. The zero-order chi connectivity index (χ0) is 19.1. The second kappa shape index (κ2) is 6.46. The third kappa shape index (κ3) is 2.97. The van der Waals surface area contributed by atoms with Crippen LogP contribution in [-0.2, 0) is 0 Å². The number of aromatic amines is 1. The first-order valence-corrected chi connectivity index (χ1v) is 9.14. The molecule has 0 aliphatic carbocycles. The highest BCUT2D eigenvalue weighted by Crippen LogP contribution is 2.26. The first-order valence-electron chi connectivity index (χ1n) is 9.14. The molecule has 0 unspecified atom stereocenters. The van der Waals surface area contributed by atoms with Gasteiger partial charge in [-0.1, -0.05) is 58.7 Å². The predicted molar refractivity (Wildman–Crippen MR) is 110 cm³/mol. The zero-order valence-corrected chi connectivity index (χ0v) is 15.6. The molecule has 0 spiro atoms. The lowest BCUT2D eigenvalue weighted by Gasteiger charge is -2.00. The lowest BCUT2D eigenvalue weighted by Crippen LogP contribution is -1.85. The Kier molecular flexibility index (Phi) is 3.79. The summed E-state index contributed by atoms with van der Waals surface area (Å²) in [5, 5.41) is 4.15. The van der Waals surface area contributed by atoms with E-state index in [1.54, 1.807) is 0 Å². The van der Waals surface area contributed by atoms with Crippen LogP contribution in [0.25, 0.3) is 45.3 Å². The van der Waals surface area contributed by atoms with Crippen molar-refractivity contribution in [1.82, 2.24) is 20.1 Å². The Morgan fingerprint density at radius 1 is 0.750 bits per heavy atom. The van der Waals surface area contributed by atoms with E-state index in [9.17, 15) is 0 Å². The Balaban J connectivity index is 1.45. The number of benzene rings is 3. The van der Waals surface area contributed by atoms with Crippen molar-refractivity contribution < 1.29 is 4.52 Å². The molecule has 0 aliphatic rings. The molecule has 0 amide bonds. The number of H-pyrrole nitrogens is 1. The van der Waals surface area contributed by atoms with E-state index in [2.05, 4.69) is 52.2 Å². The molecule has 3 aromatic carbocycles. The average molecular weight is 366 g/mol. The van der Waals surface area contributed by atoms with Gasteiger partial charge in [-0.3, -0.25) is 0 Å². The van der Waals surface area contributed by atoms with Crippen LogP contribution in [0.3, 0.4) is 0 Å². The number of aryl methyl sites for hydroxylation is 2. The number of imidazole rings is 1. The van der Waals surface area contributed by atoms with Crippen molar-refractivity contribution in [3.8, 4) is 34.2 Å². The number of hydrogen-bond donors (Lipinski definition) is 1. The fourth-order valence-electron chi connectivity index (χ4n) is 3.42. The minimum absolute atomic E-state index is 0.531. The van der Waals surface area contributed by atoms with Gasteiger partial charge in [-0.25, -0.2) is 4.98 Å². The fourth-order valence-corrected chi connectivity index (χ4v) is 3.42. The molecule has 5 aromatic rings. The Bertz CT molecular complexity index is 1230. The van der Waals surface area contributed by atoms with Crippen LogP contribution in [0, 0.1) is 13.8 Å². The summed E-state index contributed by atoms with van der Waals surface area (Å²) in [6.45, 7) is 4.12. The Morgan fingerprint density at radius 2 is 1.46 bits per heavy atom. The van der Waals surface area contributed by atoms with Gasteiger partial charge in [-0.05, 0) is 38.1 Å². The van der Waals surface area contributed by atoms with Crippen molar-refractivity contribution in [2.24, 2.45) is 0 Å². The van der Waals surface area contributed by atoms with Gasteiger partial charge in [-0.15, -0.1) is 0 Å². The van der Waals surface area contributed by atoms with Gasteiger partial charge < -0.3 is 9.51 Å². The molecule has 0 aliphatic heterocycles. The van der Waals surface area contributed by atoms with E-state index in [-0.39, 0.29) is 0 Å². The number of rotatable bonds is 3. The molecule has 2 aromatic heterocycles. The van der Waals surface area contributed by atoms with Crippen LogP contribution in [0.2, 0.25) is 0 Å². The highest BCUT2D eigenvalue weighted by Gasteiger charge is 2.12. The maximum Gasteiger partial charge on any atom is 0.258 e. The lowest BCUT2D eigenvalue weighted by atomic mass is 10.1. The van der Waals surface area contributed by atoms with Crippen LogP contribution < -0.4 is 0 Å². The molecule has 0 saturated carbocycles. The first kappa shape index (κ1) is 16.4. The number of aromatic nitrogens is 4. The van der Waals surface area contributed by atoms with Crippen LogP contribution in [0.15, 0.2) is 71.3 Å². The predicted octanol–water partition coefficient (Wildman–Crippen LogP) is 5.56. The molecular weight excluding hydrogens is 348 g/mol. The quantitative estimate of drug-likeness (QED) is 0.454. The van der Waals surface area contributed by atoms with Crippen LogP contribution in [0.5, 0.6) is 0 Å². The summed E-state index contributed by atoms with van der Waals surface area (Å²) in [5.74, 6) is 1.95. The van der Waals surface area contributed by atoms with Gasteiger partial charge in [0.05, 0.1) is 11.0 Å². The largest absolute Gasteiger partial charge is 0.338 e. The molecular formula is C23H18N4O. The third-order valence-corrected chi connectivity index (χ3v) is 4.70. The van der Waals surface area contributed by atoms with Crippen molar-refractivity contribution in [3.63, 3.8) is 0 Å². The van der Waals surface area contributed by atoms with Gasteiger partial charge >= 0.3 is 0 Å². The van der Waals surface area contributed by atoms with Gasteiger partial charge in [0.1, 0.15) is 5.82 Å². The van der Waals surface area contributed by atoms with Crippen molar-refractivity contribution in [1.29, 1.82) is 0 Å². The second-order valence-electron chi connectivity index (χ2n) is 6.98. The Hall–Kier alpha value is -3.73. The summed E-state index contributed by atoms with van der Waals surface area (Å²) in [6.07, 6.45) is 0. The maximum atomic E-state index is 5.49. The summed E-state index contributed by atoms with van der Waals surface area (Å²) in [5.41, 5.74) is 7.18. The Labute approximate surface area is 162 Å². The smallest absolute Gasteiger partial charge is 0.258 e. The molecule has 0 saturated heterocycles. The normalized spacial score (nSPS) is 11.2. The highest BCUT2D eigenvalue weighted by atomic mass is 16.5. The van der Waals surface area contributed by atoms with Gasteiger partial charge in [0, 0.05) is 16.7 Å². The average Bonchev–Trinajstić information content (AvgIpc) is 3.35. The summed E-state index contributed by atoms with van der Waals surface area (Å²) in [7, 11) is 0. The van der Waals surface area contributed by atoms with Gasteiger partial charge in [0.15, 0.2) is 0 Å². The summed E-state index contributed by atoms with van der Waals surface area (Å²) in [4.78, 5) is 12.6. The fraction of sp³-hybridized carbons (Fsp3) is 0.0870. The lowest BCUT2D eigenvalue weighted by molar-refractivity contribution is 0.432. The van der Waals surface area contributed by atoms with Crippen molar-refractivity contribution >= 4 is 11.0 Å². The van der Waals surface area contributed by atoms with Crippen molar-refractivity contribution in [3.05, 3.63) is 77.9 Å². The monoisotopic (exact) mass is 366 g/mol. The number of nitrogens with zero attached hydrogens (tertiary/aromatic N) is 3. The van der Waals surface area contributed by atoms with Crippen LogP contribution in [0.1, 0.15) is 11.1 Å². The van der Waals surface area contributed by atoms with E-state index >= 15 is 0 Å². The summed E-state index contributed by atoms with van der Waals surface area (Å²) in [6, 6.07) is 22.2. The number of nitrogens with one attached hydrogen (secondary N) is 1. The van der Waals surface area contributed by atoms with E-state index in [0.29, 0.717) is 11.7 Å². The molecule has 5 rings (SSSR count).